The van der Waals surface area contributed by atoms with Crippen LogP contribution in [0.25, 0.3) is 0 Å². The summed E-state index contributed by atoms with van der Waals surface area (Å²) >= 11 is 3.41. The highest BCUT2D eigenvalue weighted by atomic mass is 79.9. The van der Waals surface area contributed by atoms with Crippen LogP contribution in [0.5, 0.6) is 0 Å². The molecular weight excluding hydrogens is 270 g/mol. The molecule has 0 aliphatic carbocycles. The fourth-order valence-corrected chi connectivity index (χ4v) is 2.50. The molecule has 88 valence electrons. The molecule has 16 heavy (non-hydrogen) atoms. The number of nitrogens with one attached hydrogen (secondary N) is 1. The molecule has 1 atom stereocenters. The zero-order valence-electron chi connectivity index (χ0n) is 9.53. The normalized spacial score (nSPS) is 20.6. The minimum absolute atomic E-state index is 0.102. The number of halogens is 1. The molecular formula is C11H16BrN3O. The van der Waals surface area contributed by atoms with Crippen LogP contribution in [0.2, 0.25) is 0 Å². The third kappa shape index (κ3) is 2.06. The fourth-order valence-electron chi connectivity index (χ4n) is 2.04. The summed E-state index contributed by atoms with van der Waals surface area (Å²) in [4.78, 5) is 12.3. The van der Waals surface area contributed by atoms with E-state index in [2.05, 4.69) is 26.3 Å². The van der Waals surface area contributed by atoms with Crippen LogP contribution < -0.4 is 5.32 Å². The average Bonchev–Trinajstić information content (AvgIpc) is 2.84. The molecule has 0 spiro atoms. The first-order valence-electron chi connectivity index (χ1n) is 5.59. The number of carbonyl (C=O) groups excluding carboxylic acids is 1. The Balaban J connectivity index is 2.31. The van der Waals surface area contributed by atoms with Crippen LogP contribution in [0, 0.1) is 5.92 Å². The van der Waals surface area contributed by atoms with Gasteiger partial charge in [0.05, 0.1) is 10.7 Å². The van der Waals surface area contributed by atoms with E-state index in [1.807, 2.05) is 13.8 Å². The second-order valence-electron chi connectivity index (χ2n) is 4.43. The second-order valence-corrected chi connectivity index (χ2v) is 5.29. The highest BCUT2D eigenvalue weighted by Crippen LogP contribution is 2.24. The van der Waals surface area contributed by atoms with Crippen LogP contribution in [0.4, 0.5) is 0 Å². The van der Waals surface area contributed by atoms with Crippen molar-refractivity contribution in [1.29, 1.82) is 0 Å². The van der Waals surface area contributed by atoms with Crippen LogP contribution in [-0.2, 0) is 0 Å². The summed E-state index contributed by atoms with van der Waals surface area (Å²) in [6.45, 7) is 5.78. The van der Waals surface area contributed by atoms with E-state index in [1.165, 1.54) is 0 Å². The summed E-state index contributed by atoms with van der Waals surface area (Å²) < 4.78 is 2.60. The van der Waals surface area contributed by atoms with E-state index in [9.17, 15) is 4.79 Å². The number of ketones is 1. The summed E-state index contributed by atoms with van der Waals surface area (Å²) in [7, 11) is 0. The number of rotatable bonds is 3. The van der Waals surface area contributed by atoms with Crippen molar-refractivity contribution in [2.24, 2.45) is 5.92 Å². The molecule has 5 heteroatoms. The van der Waals surface area contributed by atoms with Crippen molar-refractivity contribution >= 4 is 21.7 Å². The SMILES string of the molecule is CC(C)n1ncc(Br)c1C(=O)C1CCNC1. The van der Waals surface area contributed by atoms with E-state index in [0.717, 1.165) is 24.0 Å². The van der Waals surface area contributed by atoms with Gasteiger partial charge in [0.25, 0.3) is 0 Å². The van der Waals surface area contributed by atoms with E-state index >= 15 is 0 Å². The fraction of sp³-hybridized carbons (Fsp3) is 0.636. The first kappa shape index (κ1) is 11.8. The minimum Gasteiger partial charge on any atom is -0.316 e. The molecule has 1 fully saturated rings. The molecule has 2 rings (SSSR count). The lowest BCUT2D eigenvalue weighted by Gasteiger charge is -2.13. The van der Waals surface area contributed by atoms with Gasteiger partial charge in [0.15, 0.2) is 5.78 Å². The summed E-state index contributed by atoms with van der Waals surface area (Å²) in [5.41, 5.74) is 0.712. The first-order chi connectivity index (χ1) is 7.61. The first-order valence-corrected chi connectivity index (χ1v) is 6.38. The smallest absolute Gasteiger partial charge is 0.186 e. The number of carbonyl (C=O) groups is 1. The van der Waals surface area contributed by atoms with Gasteiger partial charge in [-0.25, -0.2) is 0 Å². The Morgan fingerprint density at radius 1 is 1.69 bits per heavy atom. The van der Waals surface area contributed by atoms with Crippen molar-refractivity contribution in [3.63, 3.8) is 0 Å². The maximum atomic E-state index is 12.3. The van der Waals surface area contributed by atoms with Crippen LogP contribution in [0.3, 0.4) is 0 Å². The van der Waals surface area contributed by atoms with Crippen LogP contribution >= 0.6 is 15.9 Å². The van der Waals surface area contributed by atoms with Crippen molar-refractivity contribution in [3.8, 4) is 0 Å². The second kappa shape index (κ2) is 4.67. The van der Waals surface area contributed by atoms with Gasteiger partial charge in [0.1, 0.15) is 5.69 Å². The Morgan fingerprint density at radius 3 is 3.00 bits per heavy atom. The molecule has 1 aromatic rings. The molecule has 2 heterocycles. The Bertz CT molecular complexity index is 394. The molecule has 0 aromatic carbocycles. The highest BCUT2D eigenvalue weighted by Gasteiger charge is 2.28. The maximum Gasteiger partial charge on any atom is 0.186 e. The van der Waals surface area contributed by atoms with E-state index in [0.29, 0.717) is 5.69 Å². The molecule has 0 radical (unpaired) electrons. The van der Waals surface area contributed by atoms with Gasteiger partial charge in [-0.05, 0) is 42.7 Å². The summed E-state index contributed by atoms with van der Waals surface area (Å²) in [6, 6.07) is 0.208. The molecule has 1 saturated heterocycles. The molecule has 1 aliphatic heterocycles. The number of aromatic nitrogens is 2. The lowest BCUT2D eigenvalue weighted by molar-refractivity contribution is 0.0916. The number of hydrogen-bond acceptors (Lipinski definition) is 3. The average molecular weight is 286 g/mol. The third-order valence-electron chi connectivity index (χ3n) is 2.90. The number of nitrogens with zero attached hydrogens (tertiary/aromatic N) is 2. The van der Waals surface area contributed by atoms with Crippen molar-refractivity contribution in [2.45, 2.75) is 26.3 Å². The van der Waals surface area contributed by atoms with Crippen molar-refractivity contribution in [1.82, 2.24) is 15.1 Å². The van der Waals surface area contributed by atoms with Gasteiger partial charge >= 0.3 is 0 Å². The Morgan fingerprint density at radius 2 is 2.44 bits per heavy atom. The maximum absolute atomic E-state index is 12.3. The molecule has 0 amide bonds. The molecule has 1 aliphatic rings. The quantitative estimate of drug-likeness (QED) is 0.865. The lowest BCUT2D eigenvalue weighted by atomic mass is 10.0. The van der Waals surface area contributed by atoms with E-state index in [4.69, 9.17) is 0 Å². The van der Waals surface area contributed by atoms with Gasteiger partial charge in [-0.15, -0.1) is 0 Å². The van der Waals surface area contributed by atoms with Crippen LogP contribution in [0.15, 0.2) is 10.7 Å². The molecule has 1 N–H and O–H groups in total. The summed E-state index contributed by atoms with van der Waals surface area (Å²) in [5.74, 6) is 0.300. The Kier molecular flexibility index (Phi) is 3.44. The topological polar surface area (TPSA) is 46.9 Å². The van der Waals surface area contributed by atoms with Crippen molar-refractivity contribution in [3.05, 3.63) is 16.4 Å². The predicted molar refractivity (Wildman–Crippen MR) is 65.6 cm³/mol. The Labute approximate surface area is 104 Å². The van der Waals surface area contributed by atoms with E-state index < -0.39 is 0 Å². The van der Waals surface area contributed by atoms with Crippen molar-refractivity contribution < 1.29 is 4.79 Å². The minimum atomic E-state index is 0.102. The van der Waals surface area contributed by atoms with E-state index in [-0.39, 0.29) is 17.7 Å². The van der Waals surface area contributed by atoms with Crippen LogP contribution in [0.1, 0.15) is 36.8 Å². The van der Waals surface area contributed by atoms with Gasteiger partial charge in [-0.3, -0.25) is 9.48 Å². The Hall–Kier alpha value is -0.680. The zero-order chi connectivity index (χ0) is 11.7. The van der Waals surface area contributed by atoms with Gasteiger partial charge < -0.3 is 5.32 Å². The highest BCUT2D eigenvalue weighted by molar-refractivity contribution is 9.10. The van der Waals surface area contributed by atoms with Gasteiger partial charge in [0, 0.05) is 18.5 Å². The van der Waals surface area contributed by atoms with Gasteiger partial charge in [-0.2, -0.15) is 5.10 Å². The lowest BCUT2D eigenvalue weighted by Crippen LogP contribution is -2.22. The monoisotopic (exact) mass is 285 g/mol. The van der Waals surface area contributed by atoms with Crippen molar-refractivity contribution in [2.75, 3.05) is 13.1 Å². The van der Waals surface area contributed by atoms with Gasteiger partial charge in [0.2, 0.25) is 0 Å². The van der Waals surface area contributed by atoms with Gasteiger partial charge in [-0.1, -0.05) is 0 Å². The molecule has 4 nitrogen and oxygen atoms in total. The third-order valence-corrected chi connectivity index (χ3v) is 3.48. The van der Waals surface area contributed by atoms with Crippen LogP contribution in [-0.4, -0.2) is 28.7 Å². The molecule has 1 unspecified atom stereocenters. The largest absolute Gasteiger partial charge is 0.316 e. The summed E-state index contributed by atoms with van der Waals surface area (Å²) in [5, 5.41) is 7.45. The number of hydrogen-bond donors (Lipinski definition) is 1. The molecule has 1 aromatic heterocycles. The standard InChI is InChI=1S/C11H16BrN3O/c1-7(2)15-10(9(12)6-14-15)11(16)8-3-4-13-5-8/h6-8,13H,3-5H2,1-2H3. The predicted octanol–water partition coefficient (Wildman–Crippen LogP) is 2.02. The van der Waals surface area contributed by atoms with E-state index in [1.54, 1.807) is 10.9 Å². The molecule has 0 saturated carbocycles. The molecule has 0 bridgehead atoms. The zero-order valence-corrected chi connectivity index (χ0v) is 11.1. The number of Topliss-reactive ketones (excluding diaryl/α,β-unsaturated/α-hetero) is 1. The summed E-state index contributed by atoms with van der Waals surface area (Å²) in [6.07, 6.45) is 2.63.